The summed E-state index contributed by atoms with van der Waals surface area (Å²) in [7, 11) is 0. The highest BCUT2D eigenvalue weighted by atomic mass is 16.2. The van der Waals surface area contributed by atoms with Crippen molar-refractivity contribution in [2.75, 3.05) is 19.6 Å². The van der Waals surface area contributed by atoms with Gasteiger partial charge in [0.15, 0.2) is 0 Å². The first-order valence-corrected chi connectivity index (χ1v) is 7.10. The van der Waals surface area contributed by atoms with E-state index in [1.54, 1.807) is 0 Å². The van der Waals surface area contributed by atoms with Crippen LogP contribution in [0.15, 0.2) is 0 Å². The van der Waals surface area contributed by atoms with Crippen LogP contribution >= 0.6 is 0 Å². The SMILES string of the molecule is CC1CN(C(=O)C2CCCC(CN)C2)CC1C. The van der Waals surface area contributed by atoms with Crippen molar-refractivity contribution in [3.8, 4) is 0 Å². The van der Waals surface area contributed by atoms with E-state index < -0.39 is 0 Å². The number of carbonyl (C=O) groups excluding carboxylic acids is 1. The Morgan fingerprint density at radius 2 is 1.88 bits per heavy atom. The average molecular weight is 238 g/mol. The number of likely N-dealkylation sites (tertiary alicyclic amines) is 1. The first-order valence-electron chi connectivity index (χ1n) is 7.10. The Morgan fingerprint density at radius 3 is 2.47 bits per heavy atom. The van der Waals surface area contributed by atoms with Crippen LogP contribution in [0.25, 0.3) is 0 Å². The van der Waals surface area contributed by atoms with Crippen molar-refractivity contribution in [2.45, 2.75) is 39.5 Å². The number of rotatable bonds is 2. The third-order valence-electron chi connectivity index (χ3n) is 4.77. The molecule has 98 valence electrons. The maximum atomic E-state index is 12.4. The van der Waals surface area contributed by atoms with Crippen LogP contribution < -0.4 is 5.73 Å². The molecular formula is C14H26N2O. The van der Waals surface area contributed by atoms with E-state index in [0.29, 0.717) is 23.7 Å². The van der Waals surface area contributed by atoms with Gasteiger partial charge in [-0.15, -0.1) is 0 Å². The van der Waals surface area contributed by atoms with Gasteiger partial charge in [0.05, 0.1) is 0 Å². The summed E-state index contributed by atoms with van der Waals surface area (Å²) in [4.78, 5) is 14.5. The Hall–Kier alpha value is -0.570. The van der Waals surface area contributed by atoms with Crippen molar-refractivity contribution in [2.24, 2.45) is 29.4 Å². The molecule has 2 fully saturated rings. The predicted molar refractivity (Wildman–Crippen MR) is 69.4 cm³/mol. The molecule has 3 nitrogen and oxygen atoms in total. The lowest BCUT2D eigenvalue weighted by Crippen LogP contribution is -2.37. The lowest BCUT2D eigenvalue weighted by Gasteiger charge is -2.30. The van der Waals surface area contributed by atoms with Gasteiger partial charge in [-0.25, -0.2) is 0 Å². The Morgan fingerprint density at radius 1 is 1.24 bits per heavy atom. The fourth-order valence-electron chi connectivity index (χ4n) is 3.30. The molecule has 2 N–H and O–H groups in total. The van der Waals surface area contributed by atoms with Gasteiger partial charge in [0.2, 0.25) is 5.91 Å². The first kappa shape index (κ1) is 12.9. The van der Waals surface area contributed by atoms with Gasteiger partial charge in [-0.3, -0.25) is 4.79 Å². The van der Waals surface area contributed by atoms with Crippen molar-refractivity contribution >= 4 is 5.91 Å². The highest BCUT2D eigenvalue weighted by Crippen LogP contribution is 2.32. The van der Waals surface area contributed by atoms with Gasteiger partial charge >= 0.3 is 0 Å². The molecule has 4 atom stereocenters. The van der Waals surface area contributed by atoms with E-state index in [1.807, 2.05) is 0 Å². The maximum absolute atomic E-state index is 12.4. The summed E-state index contributed by atoms with van der Waals surface area (Å²) in [5.41, 5.74) is 5.74. The fourth-order valence-corrected chi connectivity index (χ4v) is 3.30. The molecule has 17 heavy (non-hydrogen) atoms. The normalized spacial score (nSPS) is 38.4. The number of carbonyl (C=O) groups is 1. The average Bonchev–Trinajstić information content (AvgIpc) is 2.69. The molecule has 0 aromatic heterocycles. The summed E-state index contributed by atoms with van der Waals surface area (Å²) in [6.45, 7) is 7.17. The Balaban J connectivity index is 1.91. The molecule has 0 spiro atoms. The first-order chi connectivity index (χ1) is 8.11. The minimum absolute atomic E-state index is 0.259. The molecule has 1 heterocycles. The van der Waals surface area contributed by atoms with E-state index in [9.17, 15) is 4.79 Å². The van der Waals surface area contributed by atoms with Crippen LogP contribution in [-0.4, -0.2) is 30.4 Å². The minimum atomic E-state index is 0.259. The molecule has 0 aromatic carbocycles. The van der Waals surface area contributed by atoms with Crippen LogP contribution in [0, 0.1) is 23.7 Å². The van der Waals surface area contributed by atoms with Crippen molar-refractivity contribution in [1.82, 2.24) is 4.90 Å². The summed E-state index contributed by atoms with van der Waals surface area (Å²) in [6.07, 6.45) is 4.49. The summed E-state index contributed by atoms with van der Waals surface area (Å²) in [5.74, 6) is 2.56. The van der Waals surface area contributed by atoms with Crippen molar-refractivity contribution in [3.63, 3.8) is 0 Å². The fraction of sp³-hybridized carbons (Fsp3) is 0.929. The third-order valence-corrected chi connectivity index (χ3v) is 4.77. The van der Waals surface area contributed by atoms with Crippen LogP contribution in [0.5, 0.6) is 0 Å². The van der Waals surface area contributed by atoms with Gasteiger partial charge in [-0.05, 0) is 43.6 Å². The van der Waals surface area contributed by atoms with Crippen molar-refractivity contribution in [1.29, 1.82) is 0 Å². The van der Waals surface area contributed by atoms with Gasteiger partial charge < -0.3 is 10.6 Å². The van der Waals surface area contributed by atoms with Gasteiger partial charge in [-0.2, -0.15) is 0 Å². The molecule has 0 aromatic rings. The third kappa shape index (κ3) is 2.82. The van der Waals surface area contributed by atoms with Crippen LogP contribution in [0.4, 0.5) is 0 Å². The summed E-state index contributed by atoms with van der Waals surface area (Å²) in [6, 6.07) is 0. The van der Waals surface area contributed by atoms with Gasteiger partial charge in [0.25, 0.3) is 0 Å². The topological polar surface area (TPSA) is 46.3 Å². The highest BCUT2D eigenvalue weighted by Gasteiger charge is 2.34. The van der Waals surface area contributed by atoms with Crippen LogP contribution in [-0.2, 0) is 4.79 Å². The number of nitrogens with two attached hydrogens (primary N) is 1. The Labute approximate surface area is 105 Å². The van der Waals surface area contributed by atoms with E-state index in [0.717, 1.165) is 32.5 Å². The van der Waals surface area contributed by atoms with Crippen molar-refractivity contribution in [3.05, 3.63) is 0 Å². The number of amides is 1. The number of nitrogens with zero attached hydrogens (tertiary/aromatic N) is 1. The quantitative estimate of drug-likeness (QED) is 0.798. The maximum Gasteiger partial charge on any atom is 0.225 e. The number of hydrogen-bond donors (Lipinski definition) is 1. The van der Waals surface area contributed by atoms with E-state index in [1.165, 1.54) is 12.8 Å². The molecule has 1 amide bonds. The monoisotopic (exact) mass is 238 g/mol. The Kier molecular flexibility index (Phi) is 4.08. The standard InChI is InChI=1S/C14H26N2O/c1-10-8-16(9-11(10)2)14(17)13-5-3-4-12(6-13)7-15/h10-13H,3-9,15H2,1-2H3. The molecule has 4 unspecified atom stereocenters. The molecule has 1 aliphatic heterocycles. The molecule has 0 bridgehead atoms. The minimum Gasteiger partial charge on any atom is -0.342 e. The van der Waals surface area contributed by atoms with Crippen LogP contribution in [0.3, 0.4) is 0 Å². The van der Waals surface area contributed by atoms with E-state index in [4.69, 9.17) is 5.73 Å². The zero-order valence-corrected chi connectivity index (χ0v) is 11.2. The summed E-state index contributed by atoms with van der Waals surface area (Å²) >= 11 is 0. The molecule has 1 saturated carbocycles. The van der Waals surface area contributed by atoms with Gasteiger partial charge in [0.1, 0.15) is 0 Å². The second-order valence-electron chi connectivity index (χ2n) is 6.16. The lowest BCUT2D eigenvalue weighted by atomic mass is 9.81. The predicted octanol–water partition coefficient (Wildman–Crippen LogP) is 1.87. The molecule has 3 heteroatoms. The molecule has 0 radical (unpaired) electrons. The molecule has 2 aliphatic rings. The molecule has 1 aliphatic carbocycles. The highest BCUT2D eigenvalue weighted by molar-refractivity contribution is 5.79. The summed E-state index contributed by atoms with van der Waals surface area (Å²) < 4.78 is 0. The lowest BCUT2D eigenvalue weighted by molar-refractivity contribution is -0.136. The molecular weight excluding hydrogens is 212 g/mol. The van der Waals surface area contributed by atoms with E-state index in [-0.39, 0.29) is 5.92 Å². The second-order valence-corrected chi connectivity index (χ2v) is 6.16. The van der Waals surface area contributed by atoms with Gasteiger partial charge in [0, 0.05) is 19.0 Å². The van der Waals surface area contributed by atoms with E-state index in [2.05, 4.69) is 18.7 Å². The largest absolute Gasteiger partial charge is 0.342 e. The Bertz CT molecular complexity index is 269. The molecule has 1 saturated heterocycles. The van der Waals surface area contributed by atoms with Crippen molar-refractivity contribution < 1.29 is 4.79 Å². The number of hydrogen-bond acceptors (Lipinski definition) is 2. The van der Waals surface area contributed by atoms with Gasteiger partial charge in [-0.1, -0.05) is 20.3 Å². The zero-order chi connectivity index (χ0) is 12.4. The van der Waals surface area contributed by atoms with E-state index >= 15 is 0 Å². The smallest absolute Gasteiger partial charge is 0.225 e. The molecule has 2 rings (SSSR count). The second kappa shape index (κ2) is 5.38. The summed E-state index contributed by atoms with van der Waals surface area (Å²) in [5, 5.41) is 0. The van der Waals surface area contributed by atoms with Crippen LogP contribution in [0.2, 0.25) is 0 Å². The van der Waals surface area contributed by atoms with Crippen LogP contribution in [0.1, 0.15) is 39.5 Å². The zero-order valence-electron chi connectivity index (χ0n) is 11.2.